The van der Waals surface area contributed by atoms with Crippen molar-refractivity contribution in [1.82, 2.24) is 24.4 Å². The zero-order chi connectivity index (χ0) is 14.7. The number of carbonyl (C=O) groups is 1. The molecule has 2 aromatic heterocycles. The van der Waals surface area contributed by atoms with E-state index in [9.17, 15) is 9.59 Å². The molecule has 0 aliphatic rings. The third kappa shape index (κ3) is 2.35. The van der Waals surface area contributed by atoms with Crippen molar-refractivity contribution in [3.63, 3.8) is 0 Å². The summed E-state index contributed by atoms with van der Waals surface area (Å²) in [6.07, 6.45) is 1.78. The van der Waals surface area contributed by atoms with Gasteiger partial charge < -0.3 is 10.6 Å². The lowest BCUT2D eigenvalue weighted by Gasteiger charge is -2.04. The van der Waals surface area contributed by atoms with Crippen LogP contribution in [0.2, 0.25) is 0 Å². The summed E-state index contributed by atoms with van der Waals surface area (Å²) in [5.41, 5.74) is 5.19. The molecule has 0 atom stereocenters. The van der Waals surface area contributed by atoms with Crippen LogP contribution in [0.15, 0.2) is 16.3 Å². The summed E-state index contributed by atoms with van der Waals surface area (Å²) in [7, 11) is 1.42. The number of nitrogens with two attached hydrogens (primary N) is 1. The number of fused-ring (bicyclic) bond motifs is 1. The molecule has 10 nitrogen and oxygen atoms in total. The van der Waals surface area contributed by atoms with E-state index in [1.54, 1.807) is 0 Å². The average Bonchev–Trinajstić information content (AvgIpc) is 2.85. The maximum absolute atomic E-state index is 12.2. The highest BCUT2D eigenvalue weighted by Gasteiger charge is 2.15. The number of oxime groups is 1. The minimum Gasteiger partial charge on any atom is -0.399 e. The van der Waals surface area contributed by atoms with Crippen LogP contribution in [0.25, 0.3) is 5.65 Å². The zero-order valence-electron chi connectivity index (χ0n) is 11.0. The van der Waals surface area contributed by atoms with Crippen molar-refractivity contribution in [3.05, 3.63) is 22.5 Å². The van der Waals surface area contributed by atoms with Crippen molar-refractivity contribution in [1.29, 1.82) is 0 Å². The summed E-state index contributed by atoms with van der Waals surface area (Å²) in [4.78, 5) is 31.7. The molecule has 2 rings (SSSR count). The molecule has 20 heavy (non-hydrogen) atoms. The minimum absolute atomic E-state index is 0.0282. The first-order chi connectivity index (χ1) is 9.58. The molecule has 0 saturated carbocycles. The van der Waals surface area contributed by atoms with E-state index in [2.05, 4.69) is 25.3 Å². The van der Waals surface area contributed by atoms with Crippen LogP contribution in [0, 0.1) is 0 Å². The number of nitrogens with zero attached hydrogens (tertiary/aromatic N) is 6. The van der Waals surface area contributed by atoms with Gasteiger partial charge >= 0.3 is 5.69 Å². The van der Waals surface area contributed by atoms with Crippen LogP contribution >= 0.6 is 0 Å². The first-order valence-corrected chi connectivity index (χ1v) is 5.78. The second-order valence-corrected chi connectivity index (χ2v) is 3.87. The number of hydrogen-bond donors (Lipinski definition) is 1. The summed E-state index contributed by atoms with van der Waals surface area (Å²) < 4.78 is 2.20. The van der Waals surface area contributed by atoms with E-state index in [0.717, 1.165) is 9.08 Å². The van der Waals surface area contributed by atoms with E-state index in [1.165, 1.54) is 13.4 Å². The first kappa shape index (κ1) is 13.6. The highest BCUT2D eigenvalue weighted by molar-refractivity contribution is 5.96. The molecule has 0 radical (unpaired) electrons. The molecule has 0 bridgehead atoms. The molecule has 106 valence electrons. The molecule has 2 aromatic rings. The normalized spacial score (nSPS) is 11.8. The van der Waals surface area contributed by atoms with Crippen molar-refractivity contribution in [2.24, 2.45) is 10.9 Å². The highest BCUT2D eigenvalue weighted by Crippen LogP contribution is 2.01. The molecule has 2 N–H and O–H groups in total. The van der Waals surface area contributed by atoms with Crippen LogP contribution in [0.5, 0.6) is 0 Å². The predicted octanol–water partition coefficient (Wildman–Crippen LogP) is -1.20. The van der Waals surface area contributed by atoms with Crippen LogP contribution in [0.3, 0.4) is 0 Å². The number of hydrogen-bond acceptors (Lipinski definition) is 7. The molecule has 0 saturated heterocycles. The van der Waals surface area contributed by atoms with Gasteiger partial charge in [-0.15, -0.1) is 5.10 Å². The molecule has 10 heteroatoms. The largest absolute Gasteiger partial charge is 0.399 e. The van der Waals surface area contributed by atoms with E-state index in [1.807, 2.05) is 6.92 Å². The molecule has 0 aliphatic carbocycles. The second kappa shape index (κ2) is 5.47. The summed E-state index contributed by atoms with van der Waals surface area (Å²) >= 11 is 0. The molecule has 2 heterocycles. The Morgan fingerprint density at radius 1 is 1.55 bits per heavy atom. The number of primary amides is 1. The van der Waals surface area contributed by atoms with Gasteiger partial charge in [0, 0.05) is 0 Å². The Labute approximate surface area is 112 Å². The topological polar surface area (TPSA) is 130 Å². The number of carbonyl (C=O) groups excluding carboxylic acids is 1. The number of aromatic nitrogens is 5. The van der Waals surface area contributed by atoms with Gasteiger partial charge in [0.05, 0.1) is 12.3 Å². The first-order valence-electron chi connectivity index (χ1n) is 5.78. The molecule has 0 aliphatic heterocycles. The van der Waals surface area contributed by atoms with E-state index >= 15 is 0 Å². The van der Waals surface area contributed by atoms with Gasteiger partial charge in [-0.2, -0.15) is 4.68 Å². The Morgan fingerprint density at radius 3 is 2.90 bits per heavy atom. The van der Waals surface area contributed by atoms with Gasteiger partial charge in [0.1, 0.15) is 13.4 Å². The molecular formula is C10H13N7O3. The Bertz CT molecular complexity index is 730. The van der Waals surface area contributed by atoms with E-state index in [0.29, 0.717) is 12.1 Å². The van der Waals surface area contributed by atoms with Crippen molar-refractivity contribution in [2.75, 3.05) is 7.11 Å². The maximum atomic E-state index is 12.2. The van der Waals surface area contributed by atoms with E-state index in [-0.39, 0.29) is 17.9 Å². The molecule has 1 amide bonds. The SMILES string of the molecule is CCC(Cn1nnc2c(C(N)=O)ncn2c1=O)=NOC. The van der Waals surface area contributed by atoms with Gasteiger partial charge in [0.2, 0.25) is 0 Å². The van der Waals surface area contributed by atoms with Crippen molar-refractivity contribution < 1.29 is 9.63 Å². The van der Waals surface area contributed by atoms with Crippen molar-refractivity contribution in [3.8, 4) is 0 Å². The number of imidazole rings is 1. The molecular weight excluding hydrogens is 266 g/mol. The third-order valence-electron chi connectivity index (χ3n) is 2.61. The number of rotatable bonds is 5. The Kier molecular flexibility index (Phi) is 3.73. The Hall–Kier alpha value is -2.78. The van der Waals surface area contributed by atoms with Crippen molar-refractivity contribution in [2.45, 2.75) is 19.9 Å². The minimum atomic E-state index is -0.769. The quantitative estimate of drug-likeness (QED) is 0.540. The Balaban J connectivity index is 2.48. The van der Waals surface area contributed by atoms with Gasteiger partial charge in [-0.05, 0) is 6.42 Å². The average molecular weight is 279 g/mol. The van der Waals surface area contributed by atoms with Gasteiger partial charge in [0.15, 0.2) is 11.3 Å². The second-order valence-electron chi connectivity index (χ2n) is 3.87. The summed E-state index contributed by atoms with van der Waals surface area (Å²) in [6, 6.07) is 0. The molecule has 0 unspecified atom stereocenters. The zero-order valence-corrected chi connectivity index (χ0v) is 11.0. The van der Waals surface area contributed by atoms with Crippen LogP contribution in [-0.2, 0) is 11.4 Å². The van der Waals surface area contributed by atoms with Gasteiger partial charge in [-0.3, -0.25) is 4.79 Å². The predicted molar refractivity (Wildman–Crippen MR) is 68.3 cm³/mol. The third-order valence-corrected chi connectivity index (χ3v) is 2.61. The van der Waals surface area contributed by atoms with Crippen LogP contribution < -0.4 is 11.4 Å². The summed E-state index contributed by atoms with van der Waals surface area (Å²) in [5, 5.41) is 11.3. The van der Waals surface area contributed by atoms with Crippen molar-refractivity contribution >= 4 is 17.3 Å². The van der Waals surface area contributed by atoms with E-state index < -0.39 is 11.6 Å². The summed E-state index contributed by atoms with van der Waals surface area (Å²) in [6.45, 7) is 2.01. The fraction of sp³-hybridized carbons (Fsp3) is 0.400. The standard InChI is InChI=1S/C10H13N7O3/c1-3-6(14-20-2)4-17-10(19)16-5-12-7(8(11)18)9(16)13-15-17/h5H,3-4H2,1-2H3,(H2,11,18). The summed E-state index contributed by atoms with van der Waals surface area (Å²) in [5.74, 6) is -0.769. The van der Waals surface area contributed by atoms with Crippen LogP contribution in [0.1, 0.15) is 23.8 Å². The van der Waals surface area contributed by atoms with Gasteiger partial charge in [-0.25, -0.2) is 14.2 Å². The molecule has 0 spiro atoms. The lowest BCUT2D eigenvalue weighted by atomic mass is 10.3. The lowest BCUT2D eigenvalue weighted by Crippen LogP contribution is -2.32. The van der Waals surface area contributed by atoms with Crippen LogP contribution in [0.4, 0.5) is 0 Å². The molecule has 0 aromatic carbocycles. The Morgan fingerprint density at radius 2 is 2.30 bits per heavy atom. The monoisotopic (exact) mass is 279 g/mol. The smallest absolute Gasteiger partial charge is 0.353 e. The maximum Gasteiger partial charge on any atom is 0.353 e. The lowest BCUT2D eigenvalue weighted by molar-refractivity contribution is 0.0997. The fourth-order valence-corrected chi connectivity index (χ4v) is 1.62. The van der Waals surface area contributed by atoms with Crippen LogP contribution in [-0.4, -0.2) is 43.1 Å². The number of amides is 1. The van der Waals surface area contributed by atoms with Gasteiger partial charge in [0.25, 0.3) is 5.91 Å². The molecule has 0 fully saturated rings. The van der Waals surface area contributed by atoms with Gasteiger partial charge in [-0.1, -0.05) is 17.3 Å². The van der Waals surface area contributed by atoms with E-state index in [4.69, 9.17) is 5.73 Å². The fourth-order valence-electron chi connectivity index (χ4n) is 1.62. The highest BCUT2D eigenvalue weighted by atomic mass is 16.6.